The van der Waals surface area contributed by atoms with Gasteiger partial charge < -0.3 is 8.23 Å². The molecule has 0 aliphatic heterocycles. The molecule has 15 heavy (non-hydrogen) atoms. The van der Waals surface area contributed by atoms with Crippen LogP contribution in [0.15, 0.2) is 0 Å². The number of alkyl halides is 2. The fourth-order valence-corrected chi connectivity index (χ4v) is 14.0. The molecule has 7 heteroatoms. The van der Waals surface area contributed by atoms with Crippen LogP contribution in [0.25, 0.3) is 0 Å². The highest BCUT2D eigenvalue weighted by Gasteiger charge is 2.38. The predicted molar refractivity (Wildman–Crippen MR) is 76.1 cm³/mol. The standard InChI is InChI=1S/C8H22Cl2O2Si3/c1-13(2,7-9)11-15(5,6)12-14(3,4)8-10/h7-8H2,1-6H3. The molecule has 0 unspecified atom stereocenters. The molecule has 0 spiro atoms. The fraction of sp³-hybridized carbons (Fsp3) is 1.00. The normalized spacial score (nSPS) is 14.4. The summed E-state index contributed by atoms with van der Waals surface area (Å²) in [5.74, 6) is 0. The van der Waals surface area contributed by atoms with E-state index < -0.39 is 25.2 Å². The van der Waals surface area contributed by atoms with Crippen LogP contribution >= 0.6 is 23.2 Å². The van der Waals surface area contributed by atoms with Gasteiger partial charge in [0, 0.05) is 11.0 Å². The maximum Gasteiger partial charge on any atom is 0.311 e. The molecule has 0 aromatic heterocycles. The summed E-state index contributed by atoms with van der Waals surface area (Å²) >= 11 is 11.8. The lowest BCUT2D eigenvalue weighted by molar-refractivity contribution is 0.394. The molecule has 0 aliphatic rings. The minimum absolute atomic E-state index is 0.607. The maximum atomic E-state index is 6.11. The largest absolute Gasteiger partial charge is 0.436 e. The zero-order chi connectivity index (χ0) is 12.3. The molecule has 0 aromatic carbocycles. The van der Waals surface area contributed by atoms with Crippen LogP contribution in [-0.4, -0.2) is 36.2 Å². The first-order valence-electron chi connectivity index (χ1n) is 5.06. The first kappa shape index (κ1) is 16.2. The average Bonchev–Trinajstić information content (AvgIpc) is 2.00. The fourth-order valence-electron chi connectivity index (χ4n) is 1.41. The molecule has 0 radical (unpaired) electrons. The summed E-state index contributed by atoms with van der Waals surface area (Å²) in [5.41, 5.74) is 1.21. The Labute approximate surface area is 107 Å². The van der Waals surface area contributed by atoms with Gasteiger partial charge in [-0.25, -0.2) is 0 Å². The van der Waals surface area contributed by atoms with Crippen molar-refractivity contribution in [3.8, 4) is 0 Å². The van der Waals surface area contributed by atoms with E-state index in [2.05, 4.69) is 39.3 Å². The summed E-state index contributed by atoms with van der Waals surface area (Å²) in [7, 11) is -5.55. The van der Waals surface area contributed by atoms with E-state index in [1.165, 1.54) is 0 Å². The lowest BCUT2D eigenvalue weighted by Gasteiger charge is -2.37. The van der Waals surface area contributed by atoms with Gasteiger partial charge in [-0.2, -0.15) is 0 Å². The summed E-state index contributed by atoms with van der Waals surface area (Å²) in [4.78, 5) is 0. The van der Waals surface area contributed by atoms with Gasteiger partial charge in [-0.1, -0.05) is 0 Å². The Hall–Kier alpha value is 1.15. The first-order chi connectivity index (χ1) is 6.54. The van der Waals surface area contributed by atoms with Gasteiger partial charge in [0.2, 0.25) is 0 Å². The van der Waals surface area contributed by atoms with E-state index in [1.807, 2.05) is 0 Å². The van der Waals surface area contributed by atoms with E-state index in [0.29, 0.717) is 11.0 Å². The summed E-state index contributed by atoms with van der Waals surface area (Å²) in [6, 6.07) is 0. The molecule has 0 saturated carbocycles. The summed E-state index contributed by atoms with van der Waals surface area (Å²) in [6.07, 6.45) is 0. The van der Waals surface area contributed by atoms with Gasteiger partial charge in [0.05, 0.1) is 0 Å². The summed E-state index contributed by atoms with van der Waals surface area (Å²) in [5, 5.41) is 0. The molecule has 0 bridgehead atoms. The SMILES string of the molecule is C[Si](C)(CCl)O[Si](C)(C)O[Si](C)(C)CCl. The Morgan fingerprint density at radius 1 is 0.733 bits per heavy atom. The lowest BCUT2D eigenvalue weighted by Crippen LogP contribution is -2.54. The van der Waals surface area contributed by atoms with Gasteiger partial charge in [0.15, 0.2) is 16.6 Å². The quantitative estimate of drug-likeness (QED) is 0.550. The summed E-state index contributed by atoms with van der Waals surface area (Å²) in [6.45, 7) is 12.6. The van der Waals surface area contributed by atoms with Crippen molar-refractivity contribution < 1.29 is 8.23 Å². The molecule has 0 aliphatic carbocycles. The van der Waals surface area contributed by atoms with Gasteiger partial charge >= 0.3 is 8.56 Å². The molecular formula is C8H22Cl2O2Si3. The minimum atomic E-state index is -2.06. The second-order valence-electron chi connectivity index (χ2n) is 5.39. The van der Waals surface area contributed by atoms with Gasteiger partial charge in [0.1, 0.15) is 0 Å². The number of hydrogen-bond acceptors (Lipinski definition) is 2. The molecule has 0 saturated heterocycles. The highest BCUT2D eigenvalue weighted by molar-refractivity contribution is 6.91. The van der Waals surface area contributed by atoms with Gasteiger partial charge in [-0.15, -0.1) is 23.2 Å². The van der Waals surface area contributed by atoms with Crippen molar-refractivity contribution in [3.05, 3.63) is 0 Å². The Kier molecular flexibility index (Phi) is 6.09. The van der Waals surface area contributed by atoms with Crippen LogP contribution in [0.3, 0.4) is 0 Å². The van der Waals surface area contributed by atoms with Crippen molar-refractivity contribution in [2.45, 2.75) is 39.3 Å². The average molecular weight is 305 g/mol. The zero-order valence-electron chi connectivity index (χ0n) is 10.5. The van der Waals surface area contributed by atoms with Gasteiger partial charge in [-0.3, -0.25) is 0 Å². The summed E-state index contributed by atoms with van der Waals surface area (Å²) < 4.78 is 12.2. The molecule has 2 nitrogen and oxygen atoms in total. The topological polar surface area (TPSA) is 18.5 Å². The smallest absolute Gasteiger partial charge is 0.311 e. The van der Waals surface area contributed by atoms with E-state index in [4.69, 9.17) is 31.4 Å². The molecular weight excluding hydrogens is 283 g/mol. The van der Waals surface area contributed by atoms with Crippen LogP contribution in [0.5, 0.6) is 0 Å². The highest BCUT2D eigenvalue weighted by Crippen LogP contribution is 2.21. The van der Waals surface area contributed by atoms with Crippen molar-refractivity contribution in [2.75, 3.05) is 11.0 Å². The van der Waals surface area contributed by atoms with Crippen LogP contribution in [-0.2, 0) is 8.23 Å². The molecule has 0 N–H and O–H groups in total. The highest BCUT2D eigenvalue weighted by atomic mass is 35.5. The molecule has 0 amide bonds. The Balaban J connectivity index is 4.43. The minimum Gasteiger partial charge on any atom is -0.436 e. The van der Waals surface area contributed by atoms with Crippen molar-refractivity contribution in [3.63, 3.8) is 0 Å². The van der Waals surface area contributed by atoms with Crippen LogP contribution in [0.2, 0.25) is 39.3 Å². The number of rotatable bonds is 6. The second-order valence-corrected chi connectivity index (χ2v) is 19.0. The van der Waals surface area contributed by atoms with Crippen molar-refractivity contribution in [1.82, 2.24) is 0 Å². The van der Waals surface area contributed by atoms with Crippen molar-refractivity contribution in [2.24, 2.45) is 0 Å². The van der Waals surface area contributed by atoms with Crippen molar-refractivity contribution in [1.29, 1.82) is 0 Å². The van der Waals surface area contributed by atoms with Gasteiger partial charge in [-0.05, 0) is 39.3 Å². The monoisotopic (exact) mass is 304 g/mol. The third-order valence-electron chi connectivity index (χ3n) is 1.69. The third kappa shape index (κ3) is 7.14. The maximum absolute atomic E-state index is 6.11. The van der Waals surface area contributed by atoms with E-state index in [1.54, 1.807) is 0 Å². The molecule has 0 aromatic rings. The van der Waals surface area contributed by atoms with Crippen LogP contribution in [0.4, 0.5) is 0 Å². The molecule has 0 rings (SSSR count). The zero-order valence-corrected chi connectivity index (χ0v) is 15.0. The number of hydrogen-bond donors (Lipinski definition) is 0. The lowest BCUT2D eigenvalue weighted by atomic mass is 11.8. The van der Waals surface area contributed by atoms with Gasteiger partial charge in [0.25, 0.3) is 0 Å². The van der Waals surface area contributed by atoms with Crippen LogP contribution < -0.4 is 0 Å². The Morgan fingerprint density at radius 2 is 1.00 bits per heavy atom. The van der Waals surface area contributed by atoms with Crippen LogP contribution in [0, 0.1) is 0 Å². The molecule has 92 valence electrons. The second kappa shape index (κ2) is 5.66. The van der Waals surface area contributed by atoms with E-state index in [0.717, 1.165) is 0 Å². The van der Waals surface area contributed by atoms with Crippen LogP contribution in [0.1, 0.15) is 0 Å². The number of halogens is 2. The van der Waals surface area contributed by atoms with E-state index >= 15 is 0 Å². The Morgan fingerprint density at radius 3 is 1.20 bits per heavy atom. The predicted octanol–water partition coefficient (Wildman–Crippen LogP) is 3.69. The third-order valence-corrected chi connectivity index (χ3v) is 15.2. The molecule has 0 atom stereocenters. The van der Waals surface area contributed by atoms with E-state index in [9.17, 15) is 0 Å². The van der Waals surface area contributed by atoms with E-state index in [-0.39, 0.29) is 0 Å². The molecule has 0 fully saturated rings. The Bertz CT molecular complexity index is 190. The first-order valence-corrected chi connectivity index (χ1v) is 15.2. The van der Waals surface area contributed by atoms with Crippen molar-refractivity contribution >= 4 is 48.4 Å². The molecule has 0 heterocycles.